The Balaban J connectivity index is 2.22. The Hall–Kier alpha value is -2.56. The Morgan fingerprint density at radius 3 is 2.33 bits per heavy atom. The van der Waals surface area contributed by atoms with Crippen LogP contribution in [0.15, 0.2) is 41.1 Å². The van der Waals surface area contributed by atoms with Crippen LogP contribution in [0.1, 0.15) is 24.0 Å². The highest BCUT2D eigenvalue weighted by Crippen LogP contribution is 2.32. The van der Waals surface area contributed by atoms with Crippen LogP contribution in [0.4, 0.5) is 0 Å². The van der Waals surface area contributed by atoms with E-state index in [1.54, 1.807) is 6.08 Å². The van der Waals surface area contributed by atoms with Crippen LogP contribution in [0, 0.1) is 0 Å². The van der Waals surface area contributed by atoms with Crippen molar-refractivity contribution in [3.63, 3.8) is 0 Å². The molecule has 126 valence electrons. The molecule has 5 nitrogen and oxygen atoms in total. The average Bonchev–Trinajstić information content (AvgIpc) is 3.08. The summed E-state index contributed by atoms with van der Waals surface area (Å²) < 4.78 is 9.92. The monoisotopic (exact) mass is 327 g/mol. The van der Waals surface area contributed by atoms with E-state index in [0.717, 1.165) is 42.8 Å². The van der Waals surface area contributed by atoms with Crippen molar-refractivity contribution in [3.05, 3.63) is 52.2 Å². The molecule has 24 heavy (non-hydrogen) atoms. The van der Waals surface area contributed by atoms with Gasteiger partial charge < -0.3 is 14.4 Å². The van der Waals surface area contributed by atoms with Gasteiger partial charge in [0.05, 0.1) is 25.4 Å². The van der Waals surface area contributed by atoms with Gasteiger partial charge in [0.2, 0.25) is 0 Å². The van der Waals surface area contributed by atoms with Gasteiger partial charge in [0.25, 0.3) is 0 Å². The van der Waals surface area contributed by atoms with Crippen molar-refractivity contribution in [2.45, 2.75) is 19.3 Å². The number of hydrogen-bond acceptors (Lipinski definition) is 5. The Labute approximate surface area is 141 Å². The number of hydrogen-bond donors (Lipinski definition) is 0. The number of rotatable bonds is 3. The minimum Gasteiger partial charge on any atom is -0.465 e. The smallest absolute Gasteiger partial charge is 0.340 e. The first-order valence-corrected chi connectivity index (χ1v) is 8.10. The Kier molecular flexibility index (Phi) is 4.69. The minimum atomic E-state index is -0.524. The fourth-order valence-corrected chi connectivity index (χ4v) is 3.35. The number of carbonyl (C=O) groups excluding carboxylic acids is 2. The first-order chi connectivity index (χ1) is 11.7. The lowest BCUT2D eigenvalue weighted by atomic mass is 10.0. The van der Waals surface area contributed by atoms with E-state index < -0.39 is 11.9 Å². The molecule has 0 atom stereocenters. The zero-order valence-electron chi connectivity index (χ0n) is 14.0. The highest BCUT2D eigenvalue weighted by molar-refractivity contribution is 6.11. The number of carbonyl (C=O) groups is 2. The van der Waals surface area contributed by atoms with Crippen LogP contribution in [0.25, 0.3) is 6.08 Å². The highest BCUT2D eigenvalue weighted by atomic mass is 16.5. The van der Waals surface area contributed by atoms with Crippen LogP contribution in [0.5, 0.6) is 0 Å². The van der Waals surface area contributed by atoms with Crippen molar-refractivity contribution in [2.24, 2.45) is 0 Å². The number of nitrogens with zero attached hydrogens (tertiary/aromatic N) is 1. The summed E-state index contributed by atoms with van der Waals surface area (Å²) in [5, 5.41) is 0. The predicted octanol–water partition coefficient (Wildman–Crippen LogP) is 2.32. The fraction of sp³-hybridized carbons (Fsp3) is 0.368. The molecule has 3 rings (SSSR count). The van der Waals surface area contributed by atoms with E-state index >= 15 is 0 Å². The third kappa shape index (κ3) is 2.94. The maximum atomic E-state index is 12.5. The molecule has 0 bridgehead atoms. The van der Waals surface area contributed by atoms with Gasteiger partial charge in [-0.25, -0.2) is 9.59 Å². The van der Waals surface area contributed by atoms with Crippen molar-refractivity contribution in [3.8, 4) is 0 Å². The molecule has 0 N–H and O–H groups in total. The lowest BCUT2D eigenvalue weighted by Crippen LogP contribution is -2.26. The number of ether oxygens (including phenoxy) is 2. The van der Waals surface area contributed by atoms with Gasteiger partial charge in [-0.1, -0.05) is 24.3 Å². The molecular formula is C19H21NO4. The normalized spacial score (nSPS) is 17.1. The van der Waals surface area contributed by atoms with E-state index in [1.807, 2.05) is 24.3 Å². The molecule has 1 aliphatic carbocycles. The van der Waals surface area contributed by atoms with Gasteiger partial charge in [0, 0.05) is 25.2 Å². The van der Waals surface area contributed by atoms with Crippen molar-refractivity contribution in [1.82, 2.24) is 4.90 Å². The van der Waals surface area contributed by atoms with Gasteiger partial charge in [-0.05, 0) is 30.0 Å². The fourth-order valence-electron chi connectivity index (χ4n) is 3.35. The van der Waals surface area contributed by atoms with Gasteiger partial charge >= 0.3 is 11.9 Å². The largest absolute Gasteiger partial charge is 0.465 e. The second kappa shape index (κ2) is 6.91. The number of esters is 2. The summed E-state index contributed by atoms with van der Waals surface area (Å²) in [6, 6.07) is 7.86. The zero-order chi connectivity index (χ0) is 17.1. The van der Waals surface area contributed by atoms with E-state index in [9.17, 15) is 9.59 Å². The third-order valence-electron chi connectivity index (χ3n) is 4.55. The van der Waals surface area contributed by atoms with Gasteiger partial charge in [-0.3, -0.25) is 0 Å². The molecule has 1 fully saturated rings. The predicted molar refractivity (Wildman–Crippen MR) is 90.0 cm³/mol. The Bertz CT molecular complexity index is 727. The van der Waals surface area contributed by atoms with E-state index in [1.165, 1.54) is 14.2 Å². The average molecular weight is 327 g/mol. The maximum absolute atomic E-state index is 12.5. The van der Waals surface area contributed by atoms with Gasteiger partial charge in [0.15, 0.2) is 0 Å². The molecule has 1 aromatic rings. The van der Waals surface area contributed by atoms with Crippen molar-refractivity contribution >= 4 is 18.0 Å². The van der Waals surface area contributed by atoms with Crippen LogP contribution in [0.3, 0.4) is 0 Å². The van der Waals surface area contributed by atoms with E-state index in [0.29, 0.717) is 12.0 Å². The summed E-state index contributed by atoms with van der Waals surface area (Å²) in [5.41, 5.74) is 3.44. The number of benzene rings is 1. The third-order valence-corrected chi connectivity index (χ3v) is 4.55. The Morgan fingerprint density at radius 2 is 1.67 bits per heavy atom. The van der Waals surface area contributed by atoms with Gasteiger partial charge in [0.1, 0.15) is 0 Å². The summed E-state index contributed by atoms with van der Waals surface area (Å²) in [6.07, 6.45) is 4.49. The van der Waals surface area contributed by atoms with Crippen LogP contribution < -0.4 is 0 Å². The zero-order valence-corrected chi connectivity index (χ0v) is 14.0. The molecule has 2 aliphatic rings. The topological polar surface area (TPSA) is 55.8 Å². The summed E-state index contributed by atoms with van der Waals surface area (Å²) in [6.45, 7) is 1.76. The molecule has 1 aromatic carbocycles. The Morgan fingerprint density at radius 1 is 1.00 bits per heavy atom. The van der Waals surface area contributed by atoms with Crippen LogP contribution in [-0.4, -0.2) is 44.1 Å². The first kappa shape index (κ1) is 16.3. The second-order valence-electron chi connectivity index (χ2n) is 5.93. The molecule has 0 amide bonds. The molecule has 0 unspecified atom stereocenters. The summed E-state index contributed by atoms with van der Waals surface area (Å²) in [7, 11) is 2.66. The van der Waals surface area contributed by atoms with E-state index in [4.69, 9.17) is 9.47 Å². The molecule has 0 spiro atoms. The number of likely N-dealkylation sites (tertiary alicyclic amines) is 1. The van der Waals surface area contributed by atoms with E-state index in [2.05, 4.69) is 4.90 Å². The summed E-state index contributed by atoms with van der Waals surface area (Å²) in [4.78, 5) is 27.1. The van der Waals surface area contributed by atoms with Crippen molar-refractivity contribution in [1.29, 1.82) is 0 Å². The maximum Gasteiger partial charge on any atom is 0.340 e. The molecule has 0 saturated carbocycles. The van der Waals surface area contributed by atoms with Crippen LogP contribution in [-0.2, 0) is 25.5 Å². The SMILES string of the molecule is COC(=O)C1=Cc2ccccc2CC(N2CCCC2)=C1C(=O)OC. The van der Waals surface area contributed by atoms with Crippen LogP contribution >= 0.6 is 0 Å². The standard InChI is InChI=1S/C19H21NO4/c1-23-18(21)15-11-13-7-3-4-8-14(13)12-16(17(15)19(22)24-2)20-9-5-6-10-20/h3-4,7-8,11H,5-6,9-10,12H2,1-2H3. The molecule has 1 saturated heterocycles. The highest BCUT2D eigenvalue weighted by Gasteiger charge is 2.32. The molecule has 1 heterocycles. The van der Waals surface area contributed by atoms with Crippen molar-refractivity contribution in [2.75, 3.05) is 27.3 Å². The molecule has 0 radical (unpaired) electrons. The first-order valence-electron chi connectivity index (χ1n) is 8.10. The summed E-state index contributed by atoms with van der Waals surface area (Å²) >= 11 is 0. The summed E-state index contributed by atoms with van der Waals surface area (Å²) in [5.74, 6) is -1.02. The van der Waals surface area contributed by atoms with E-state index in [-0.39, 0.29) is 5.57 Å². The van der Waals surface area contributed by atoms with Crippen molar-refractivity contribution < 1.29 is 19.1 Å². The quantitative estimate of drug-likeness (QED) is 0.798. The molecule has 1 aliphatic heterocycles. The number of methoxy groups -OCH3 is 2. The second-order valence-corrected chi connectivity index (χ2v) is 5.93. The van der Waals surface area contributed by atoms with Gasteiger partial charge in [-0.2, -0.15) is 0 Å². The lowest BCUT2D eigenvalue weighted by Gasteiger charge is -2.24. The molecule has 5 heteroatoms. The number of fused-ring (bicyclic) bond motifs is 1. The minimum absolute atomic E-state index is 0.260. The number of allylic oxidation sites excluding steroid dienone is 1. The van der Waals surface area contributed by atoms with Crippen LogP contribution in [0.2, 0.25) is 0 Å². The van der Waals surface area contributed by atoms with Gasteiger partial charge in [-0.15, -0.1) is 0 Å². The molecular weight excluding hydrogens is 306 g/mol. The molecule has 0 aromatic heterocycles. The lowest BCUT2D eigenvalue weighted by molar-refractivity contribution is -0.139.